The molecule has 0 aliphatic heterocycles. The first-order valence-electron chi connectivity index (χ1n) is 6.35. The zero-order chi connectivity index (χ0) is 13.7. The van der Waals surface area contributed by atoms with Gasteiger partial charge in [0.1, 0.15) is 11.6 Å². The number of rotatable bonds is 6. The second-order valence-corrected chi connectivity index (χ2v) is 5.41. The molecule has 102 valence electrons. The number of aryl methyl sites for hydroxylation is 1. The lowest BCUT2D eigenvalue weighted by Crippen LogP contribution is -2.26. The monoisotopic (exact) mass is 325 g/mol. The highest BCUT2D eigenvalue weighted by Gasteiger charge is 2.07. The Hall–Kier alpha value is -1.13. The molecule has 0 spiro atoms. The summed E-state index contributed by atoms with van der Waals surface area (Å²) < 4.78 is 19.2. The van der Waals surface area contributed by atoms with Crippen molar-refractivity contribution >= 4 is 15.9 Å². The van der Waals surface area contributed by atoms with Gasteiger partial charge in [-0.05, 0) is 53.0 Å². The predicted octanol–water partition coefficient (Wildman–Crippen LogP) is 4.29. The molecule has 2 rings (SSSR count). The Labute approximate surface area is 121 Å². The lowest BCUT2D eigenvalue weighted by Gasteiger charge is -2.14. The Morgan fingerprint density at radius 2 is 2.16 bits per heavy atom. The van der Waals surface area contributed by atoms with E-state index < -0.39 is 0 Å². The summed E-state index contributed by atoms with van der Waals surface area (Å²) in [5.74, 6) is 0.781. The summed E-state index contributed by atoms with van der Waals surface area (Å²) >= 11 is 3.27. The smallest absolute Gasteiger partial charge is 0.137 e. The fourth-order valence-corrected chi connectivity index (χ4v) is 2.29. The zero-order valence-electron chi connectivity index (χ0n) is 10.8. The molecule has 2 nitrogen and oxygen atoms in total. The lowest BCUT2D eigenvalue weighted by molar-refractivity contribution is 0.459. The molecule has 0 bridgehead atoms. The van der Waals surface area contributed by atoms with Crippen LogP contribution >= 0.6 is 15.9 Å². The van der Waals surface area contributed by atoms with Crippen molar-refractivity contribution in [3.05, 3.63) is 58.2 Å². The summed E-state index contributed by atoms with van der Waals surface area (Å²) in [6.07, 6.45) is 3.59. The van der Waals surface area contributed by atoms with Gasteiger partial charge >= 0.3 is 0 Å². The number of halogens is 2. The molecule has 0 radical (unpaired) electrons. The van der Waals surface area contributed by atoms with Gasteiger partial charge in [-0.25, -0.2) is 4.39 Å². The molecule has 0 saturated heterocycles. The highest BCUT2D eigenvalue weighted by Crippen LogP contribution is 2.20. The van der Waals surface area contributed by atoms with Crippen LogP contribution in [0, 0.1) is 5.82 Å². The van der Waals surface area contributed by atoms with Crippen molar-refractivity contribution < 1.29 is 8.81 Å². The number of benzene rings is 1. The van der Waals surface area contributed by atoms with Crippen LogP contribution in [0.15, 0.2) is 45.5 Å². The first-order chi connectivity index (χ1) is 9.16. The van der Waals surface area contributed by atoms with Gasteiger partial charge in [0.05, 0.1) is 10.7 Å². The normalized spacial score (nSPS) is 12.6. The van der Waals surface area contributed by atoms with Crippen molar-refractivity contribution in [1.29, 1.82) is 0 Å². The van der Waals surface area contributed by atoms with Gasteiger partial charge in [-0.3, -0.25) is 0 Å². The van der Waals surface area contributed by atoms with Crippen molar-refractivity contribution in [3.63, 3.8) is 0 Å². The maximum Gasteiger partial charge on any atom is 0.137 e. The van der Waals surface area contributed by atoms with E-state index >= 15 is 0 Å². The van der Waals surface area contributed by atoms with Crippen LogP contribution in [-0.4, -0.2) is 6.04 Å². The van der Waals surface area contributed by atoms with Gasteiger partial charge in [0.25, 0.3) is 0 Å². The van der Waals surface area contributed by atoms with Crippen molar-refractivity contribution in [2.45, 2.75) is 32.4 Å². The Balaban J connectivity index is 1.80. The highest BCUT2D eigenvalue weighted by atomic mass is 79.9. The first-order valence-corrected chi connectivity index (χ1v) is 7.15. The summed E-state index contributed by atoms with van der Waals surface area (Å²) in [5, 5.41) is 3.39. The summed E-state index contributed by atoms with van der Waals surface area (Å²) in [6, 6.07) is 9.32. The number of hydrogen-bond donors (Lipinski definition) is 1. The standard InChI is InChI=1S/C15H17BrFNO/c1-11(7-8-13-5-3-9-19-13)18-10-12-4-2-6-14(17)15(12)16/h2-6,9,11,18H,7-8,10H2,1H3. The van der Waals surface area contributed by atoms with Gasteiger partial charge in [-0.2, -0.15) is 0 Å². The van der Waals surface area contributed by atoms with Crippen LogP contribution in [0.1, 0.15) is 24.7 Å². The molecule has 1 N–H and O–H groups in total. The van der Waals surface area contributed by atoms with E-state index in [1.807, 2.05) is 18.2 Å². The molecular weight excluding hydrogens is 309 g/mol. The van der Waals surface area contributed by atoms with Crippen molar-refractivity contribution in [3.8, 4) is 0 Å². The highest BCUT2D eigenvalue weighted by molar-refractivity contribution is 9.10. The Kier molecular flexibility index (Phi) is 5.16. The van der Waals surface area contributed by atoms with Crippen molar-refractivity contribution in [1.82, 2.24) is 5.32 Å². The molecule has 4 heteroatoms. The summed E-state index contributed by atoms with van der Waals surface area (Å²) in [6.45, 7) is 2.77. The van der Waals surface area contributed by atoms with E-state index in [0.717, 1.165) is 24.2 Å². The molecule has 1 aromatic heterocycles. The summed E-state index contributed by atoms with van der Waals surface area (Å²) in [5.41, 5.74) is 0.935. The molecule has 0 saturated carbocycles. The van der Waals surface area contributed by atoms with Gasteiger partial charge in [-0.1, -0.05) is 12.1 Å². The van der Waals surface area contributed by atoms with Gasteiger partial charge < -0.3 is 9.73 Å². The Morgan fingerprint density at radius 1 is 1.32 bits per heavy atom. The third kappa shape index (κ3) is 4.18. The molecule has 19 heavy (non-hydrogen) atoms. The third-order valence-electron chi connectivity index (χ3n) is 3.08. The van der Waals surface area contributed by atoms with Crippen LogP contribution in [0.3, 0.4) is 0 Å². The van der Waals surface area contributed by atoms with Gasteiger partial charge in [0.2, 0.25) is 0 Å². The Bertz CT molecular complexity index is 513. The van der Waals surface area contributed by atoms with E-state index in [9.17, 15) is 4.39 Å². The van der Waals surface area contributed by atoms with Crippen LogP contribution in [0.2, 0.25) is 0 Å². The largest absolute Gasteiger partial charge is 0.469 e. The van der Waals surface area contributed by atoms with Crippen molar-refractivity contribution in [2.75, 3.05) is 0 Å². The molecule has 1 unspecified atom stereocenters. The fourth-order valence-electron chi connectivity index (χ4n) is 1.88. The SMILES string of the molecule is CC(CCc1ccco1)NCc1cccc(F)c1Br. The number of hydrogen-bond acceptors (Lipinski definition) is 2. The number of furan rings is 1. The lowest BCUT2D eigenvalue weighted by atomic mass is 10.1. The quantitative estimate of drug-likeness (QED) is 0.856. The van der Waals surface area contributed by atoms with Gasteiger partial charge in [0.15, 0.2) is 0 Å². The van der Waals surface area contributed by atoms with Gasteiger partial charge in [-0.15, -0.1) is 0 Å². The number of nitrogens with one attached hydrogen (secondary N) is 1. The topological polar surface area (TPSA) is 25.2 Å². The van der Waals surface area contributed by atoms with Crippen LogP contribution in [0.4, 0.5) is 4.39 Å². The van der Waals surface area contributed by atoms with E-state index in [0.29, 0.717) is 17.1 Å². The van der Waals surface area contributed by atoms with Crippen LogP contribution in [0.5, 0.6) is 0 Å². The average Bonchev–Trinajstić information content (AvgIpc) is 2.91. The molecule has 0 fully saturated rings. The molecule has 1 heterocycles. The average molecular weight is 326 g/mol. The fraction of sp³-hybridized carbons (Fsp3) is 0.333. The molecular formula is C15H17BrFNO. The van der Waals surface area contributed by atoms with Crippen LogP contribution in [-0.2, 0) is 13.0 Å². The predicted molar refractivity (Wildman–Crippen MR) is 77.4 cm³/mol. The minimum absolute atomic E-state index is 0.220. The van der Waals surface area contributed by atoms with Crippen LogP contribution < -0.4 is 5.32 Å². The van der Waals surface area contributed by atoms with E-state index in [1.165, 1.54) is 6.07 Å². The molecule has 0 amide bonds. The summed E-state index contributed by atoms with van der Waals surface area (Å²) in [4.78, 5) is 0. The summed E-state index contributed by atoms with van der Waals surface area (Å²) in [7, 11) is 0. The minimum atomic E-state index is -0.220. The second-order valence-electron chi connectivity index (χ2n) is 4.61. The maximum absolute atomic E-state index is 13.4. The molecule has 1 aromatic carbocycles. The first kappa shape index (κ1) is 14.3. The zero-order valence-corrected chi connectivity index (χ0v) is 12.4. The van der Waals surface area contributed by atoms with Crippen LogP contribution in [0.25, 0.3) is 0 Å². The van der Waals surface area contributed by atoms with Gasteiger partial charge in [0, 0.05) is 19.0 Å². The molecule has 2 aromatic rings. The minimum Gasteiger partial charge on any atom is -0.469 e. The molecule has 0 aliphatic carbocycles. The van der Waals surface area contributed by atoms with E-state index in [2.05, 4.69) is 28.2 Å². The molecule has 1 atom stereocenters. The van der Waals surface area contributed by atoms with E-state index in [1.54, 1.807) is 12.3 Å². The maximum atomic E-state index is 13.4. The van der Waals surface area contributed by atoms with E-state index in [-0.39, 0.29) is 5.82 Å². The van der Waals surface area contributed by atoms with E-state index in [4.69, 9.17) is 4.42 Å². The molecule has 0 aliphatic rings. The van der Waals surface area contributed by atoms with Crippen molar-refractivity contribution in [2.24, 2.45) is 0 Å². The third-order valence-corrected chi connectivity index (χ3v) is 3.96. The Morgan fingerprint density at radius 3 is 2.89 bits per heavy atom. The second kappa shape index (κ2) is 6.87.